The van der Waals surface area contributed by atoms with Gasteiger partial charge in [-0.05, 0) is 195 Å². The standard InChI is InChI=1S/C68H74O7S3/c1-63(2,3)46-21-36-57(37-22-46)76-60-42-34-54(35-43-60)73-61-44-25-51(45-62(61)78(69,70)71)66(9,10)49-19-30-56(31-20-49)75-68(13,14)67(11,12)50-23-38-58(39-24-50)77-59-40-32-53(33-41-59)72-52-26-15-47(16-27-52)65(7,8)48-17-28-55(29-18-48)74-64(4,5)6/h15-45H,1-14H3,(H,69,70,71). The van der Waals surface area contributed by atoms with Crippen molar-refractivity contribution in [1.29, 1.82) is 0 Å². The smallest absolute Gasteiger partial charge is 0.298 e. The summed E-state index contributed by atoms with van der Waals surface area (Å²) in [6.07, 6.45) is 0. The highest BCUT2D eigenvalue weighted by Crippen LogP contribution is 2.43. The first-order valence-corrected chi connectivity index (χ1v) is 29.5. The molecule has 8 rings (SSSR count). The lowest BCUT2D eigenvalue weighted by atomic mass is 9.72. The molecule has 8 aromatic carbocycles. The summed E-state index contributed by atoms with van der Waals surface area (Å²) >= 11 is 3.33. The monoisotopic (exact) mass is 1100 g/mol. The molecule has 0 aliphatic rings. The van der Waals surface area contributed by atoms with E-state index in [9.17, 15) is 13.0 Å². The largest absolute Gasteiger partial charge is 0.488 e. The number of benzene rings is 8. The van der Waals surface area contributed by atoms with Gasteiger partial charge in [-0.15, -0.1) is 0 Å². The van der Waals surface area contributed by atoms with Gasteiger partial charge in [0.2, 0.25) is 0 Å². The SMILES string of the molecule is CC(C)(C)Oc1ccc(C(C)(C)c2ccc(Oc3ccc(Sc4ccc(C(C)(C)C(C)(C)Oc5ccc(C(C)(C)c6ccc(Oc7ccc(Sc8ccc(C(C)(C)C)cc8)cc7)c(S(=O)(=O)O)c6)cc5)cc4)cc3)cc2)cc1. The minimum atomic E-state index is -4.64. The summed E-state index contributed by atoms with van der Waals surface area (Å²) in [7, 11) is -4.64. The van der Waals surface area contributed by atoms with Crippen LogP contribution in [0.4, 0.5) is 0 Å². The molecule has 0 aromatic heterocycles. The first-order chi connectivity index (χ1) is 36.5. The van der Waals surface area contributed by atoms with Crippen LogP contribution in [0.1, 0.15) is 130 Å². The Morgan fingerprint density at radius 1 is 0.359 bits per heavy atom. The molecular weight excluding hydrogens is 1020 g/mol. The molecule has 0 aliphatic heterocycles. The zero-order valence-corrected chi connectivity index (χ0v) is 50.0. The molecule has 0 unspecified atom stereocenters. The van der Waals surface area contributed by atoms with Crippen LogP contribution < -0.4 is 18.9 Å². The van der Waals surface area contributed by atoms with Gasteiger partial charge in [-0.2, -0.15) is 8.42 Å². The average molecular weight is 1100 g/mol. The maximum absolute atomic E-state index is 12.8. The van der Waals surface area contributed by atoms with E-state index in [0.29, 0.717) is 17.1 Å². The van der Waals surface area contributed by atoms with Crippen LogP contribution >= 0.6 is 23.5 Å². The quantitative estimate of drug-likeness (QED) is 0.0844. The molecule has 10 heteroatoms. The minimum absolute atomic E-state index is 0.0401. The van der Waals surface area contributed by atoms with E-state index in [1.807, 2.05) is 92.7 Å². The van der Waals surface area contributed by atoms with Crippen molar-refractivity contribution in [3.63, 3.8) is 0 Å². The Morgan fingerprint density at radius 3 is 1.08 bits per heavy atom. The maximum Gasteiger partial charge on any atom is 0.298 e. The van der Waals surface area contributed by atoms with Crippen LogP contribution in [-0.2, 0) is 31.8 Å². The summed E-state index contributed by atoms with van der Waals surface area (Å²) in [5, 5.41) is 0. The molecule has 406 valence electrons. The summed E-state index contributed by atoms with van der Waals surface area (Å²) in [6, 6.07) is 62.5. The molecule has 0 heterocycles. The van der Waals surface area contributed by atoms with Crippen LogP contribution in [0.3, 0.4) is 0 Å². The van der Waals surface area contributed by atoms with Crippen LogP contribution in [0.25, 0.3) is 0 Å². The summed E-state index contributed by atoms with van der Waals surface area (Å²) in [5.41, 5.74) is 4.46. The van der Waals surface area contributed by atoms with Gasteiger partial charge in [0.05, 0.1) is 0 Å². The highest BCUT2D eigenvalue weighted by atomic mass is 32.2. The zero-order valence-electron chi connectivity index (χ0n) is 47.5. The molecule has 0 radical (unpaired) electrons. The molecule has 0 spiro atoms. The van der Waals surface area contributed by atoms with Gasteiger partial charge in [-0.25, -0.2) is 0 Å². The van der Waals surface area contributed by atoms with Crippen molar-refractivity contribution in [2.24, 2.45) is 0 Å². The Bertz CT molecular complexity index is 3420. The second kappa shape index (κ2) is 22.4. The van der Waals surface area contributed by atoms with E-state index in [4.69, 9.17) is 18.9 Å². The van der Waals surface area contributed by atoms with E-state index in [1.165, 1.54) is 22.8 Å². The van der Waals surface area contributed by atoms with E-state index in [0.717, 1.165) is 48.0 Å². The molecule has 0 saturated carbocycles. The highest BCUT2D eigenvalue weighted by Gasteiger charge is 2.41. The van der Waals surface area contributed by atoms with Crippen molar-refractivity contribution in [3.05, 3.63) is 221 Å². The molecule has 0 fully saturated rings. The molecule has 8 aromatic rings. The number of hydrogen-bond donors (Lipinski definition) is 1. The Labute approximate surface area is 472 Å². The first-order valence-electron chi connectivity index (χ1n) is 26.4. The van der Waals surface area contributed by atoms with Crippen molar-refractivity contribution < 1.29 is 31.9 Å². The Kier molecular flexibility index (Phi) is 16.6. The Morgan fingerprint density at radius 2 is 0.679 bits per heavy atom. The summed E-state index contributed by atoms with van der Waals surface area (Å²) in [6.45, 7) is 29.9. The fourth-order valence-corrected chi connectivity index (χ4v) is 11.4. The topological polar surface area (TPSA) is 91.3 Å². The first kappa shape index (κ1) is 57.7. The predicted molar refractivity (Wildman–Crippen MR) is 321 cm³/mol. The molecule has 7 nitrogen and oxygen atoms in total. The summed E-state index contributed by atoms with van der Waals surface area (Å²) < 4.78 is 61.3. The van der Waals surface area contributed by atoms with Crippen molar-refractivity contribution in [2.75, 3.05) is 0 Å². The zero-order chi connectivity index (χ0) is 56.5. The molecule has 0 atom stereocenters. The van der Waals surface area contributed by atoms with Gasteiger partial charge in [-0.3, -0.25) is 4.55 Å². The molecule has 1 N–H and O–H groups in total. The number of ether oxygens (including phenoxy) is 4. The van der Waals surface area contributed by atoms with Crippen LogP contribution in [-0.4, -0.2) is 24.2 Å². The molecule has 0 amide bonds. The van der Waals surface area contributed by atoms with Gasteiger partial charge >= 0.3 is 0 Å². The van der Waals surface area contributed by atoms with Crippen molar-refractivity contribution in [3.8, 4) is 34.5 Å². The van der Waals surface area contributed by atoms with Crippen molar-refractivity contribution >= 4 is 33.6 Å². The minimum Gasteiger partial charge on any atom is -0.488 e. The lowest BCUT2D eigenvalue weighted by Crippen LogP contribution is -2.47. The normalized spacial score (nSPS) is 12.8. The van der Waals surface area contributed by atoms with Gasteiger partial charge < -0.3 is 18.9 Å². The summed E-state index contributed by atoms with van der Waals surface area (Å²) in [4.78, 5) is 4.06. The van der Waals surface area contributed by atoms with E-state index in [1.54, 1.807) is 41.7 Å². The van der Waals surface area contributed by atoms with Crippen LogP contribution in [0.5, 0.6) is 34.5 Å². The third-order valence-corrected chi connectivity index (χ3v) is 17.8. The summed E-state index contributed by atoms with van der Waals surface area (Å²) in [5.74, 6) is 3.63. The second-order valence-electron chi connectivity index (χ2n) is 24.1. The predicted octanol–water partition coefficient (Wildman–Crippen LogP) is 19.1. The van der Waals surface area contributed by atoms with Crippen molar-refractivity contribution in [1.82, 2.24) is 0 Å². The maximum atomic E-state index is 12.8. The van der Waals surface area contributed by atoms with Gasteiger partial charge in [-0.1, -0.05) is 153 Å². The molecule has 78 heavy (non-hydrogen) atoms. The van der Waals surface area contributed by atoms with Gasteiger partial charge in [0, 0.05) is 35.8 Å². The fourth-order valence-electron chi connectivity index (χ4n) is 9.11. The van der Waals surface area contributed by atoms with E-state index < -0.39 is 21.1 Å². The highest BCUT2D eigenvalue weighted by molar-refractivity contribution is 7.99. The molecular formula is C68H74O7S3. The van der Waals surface area contributed by atoms with Crippen LogP contribution in [0.15, 0.2) is 213 Å². The Balaban J connectivity index is 0.858. The second-order valence-corrected chi connectivity index (χ2v) is 27.7. The van der Waals surface area contributed by atoms with E-state index in [-0.39, 0.29) is 32.5 Å². The fraction of sp³-hybridized carbons (Fsp3) is 0.294. The van der Waals surface area contributed by atoms with Crippen LogP contribution in [0.2, 0.25) is 0 Å². The molecule has 0 bridgehead atoms. The van der Waals surface area contributed by atoms with Crippen LogP contribution in [0, 0.1) is 0 Å². The third-order valence-electron chi connectivity index (χ3n) is 14.9. The molecule has 0 aliphatic carbocycles. The van der Waals surface area contributed by atoms with Gasteiger partial charge in [0.15, 0.2) is 0 Å². The van der Waals surface area contributed by atoms with Gasteiger partial charge in [0.25, 0.3) is 10.1 Å². The lowest BCUT2D eigenvalue weighted by molar-refractivity contribution is 0.0357. The average Bonchev–Trinajstić information content (AvgIpc) is 3.40. The van der Waals surface area contributed by atoms with E-state index in [2.05, 4.69) is 168 Å². The van der Waals surface area contributed by atoms with Crippen molar-refractivity contribution in [2.45, 2.75) is 154 Å². The molecule has 0 saturated heterocycles. The third kappa shape index (κ3) is 13.9. The van der Waals surface area contributed by atoms with Gasteiger partial charge in [0.1, 0.15) is 50.6 Å². The number of hydrogen-bond acceptors (Lipinski definition) is 8. The lowest BCUT2D eigenvalue weighted by Gasteiger charge is -2.42. The van der Waals surface area contributed by atoms with E-state index >= 15 is 0 Å². The Hall–Kier alpha value is -6.43. The number of rotatable bonds is 18.